The van der Waals surface area contributed by atoms with Crippen LogP contribution in [-0.2, 0) is 4.74 Å². The van der Waals surface area contributed by atoms with Gasteiger partial charge in [-0.05, 0) is 32.0 Å². The van der Waals surface area contributed by atoms with Crippen molar-refractivity contribution in [2.45, 2.75) is 32.2 Å². The number of carbonyl (C=O) groups is 2. The van der Waals surface area contributed by atoms with Gasteiger partial charge < -0.3 is 14.5 Å². The van der Waals surface area contributed by atoms with Crippen LogP contribution in [0.3, 0.4) is 0 Å². The molecule has 0 bridgehead atoms. The third-order valence-electron chi connectivity index (χ3n) is 4.95. The van der Waals surface area contributed by atoms with Crippen LogP contribution in [0.2, 0.25) is 5.02 Å². The zero-order valence-corrected chi connectivity index (χ0v) is 18.2. The molecule has 34 heavy (non-hydrogen) atoms. The van der Waals surface area contributed by atoms with Gasteiger partial charge in [0.15, 0.2) is 17.3 Å². The topological polar surface area (TPSA) is 98.7 Å². The number of aromatic nitrogens is 3. The van der Waals surface area contributed by atoms with Crippen LogP contribution in [0, 0.1) is 5.82 Å². The monoisotopic (exact) mass is 498 g/mol. The highest BCUT2D eigenvalue weighted by Gasteiger charge is 2.40. The van der Waals surface area contributed by atoms with Gasteiger partial charge in [0.2, 0.25) is 0 Å². The number of benzene rings is 1. The summed E-state index contributed by atoms with van der Waals surface area (Å²) in [5, 5.41) is 6.47. The SMILES string of the molecule is C[C@H](NC(=O)c1cnn2cccnc12)c1oc2c(C(=O)O[C@H](C)C(F)(F)F)cc(F)cc2c1Cl. The second-order valence-electron chi connectivity index (χ2n) is 7.34. The second kappa shape index (κ2) is 8.60. The van der Waals surface area contributed by atoms with Crippen LogP contribution in [0.15, 0.2) is 41.2 Å². The molecule has 0 radical (unpaired) electrons. The van der Waals surface area contributed by atoms with E-state index >= 15 is 0 Å². The predicted molar refractivity (Wildman–Crippen MR) is 111 cm³/mol. The summed E-state index contributed by atoms with van der Waals surface area (Å²) in [6.07, 6.45) is -2.83. The molecule has 4 rings (SSSR count). The van der Waals surface area contributed by atoms with Crippen molar-refractivity contribution in [3.05, 3.63) is 64.5 Å². The van der Waals surface area contributed by atoms with E-state index in [-0.39, 0.29) is 27.3 Å². The lowest BCUT2D eigenvalue weighted by Crippen LogP contribution is -2.31. The number of furan rings is 1. The molecule has 0 saturated carbocycles. The van der Waals surface area contributed by atoms with Gasteiger partial charge in [-0.15, -0.1) is 0 Å². The molecule has 0 unspecified atom stereocenters. The van der Waals surface area contributed by atoms with Gasteiger partial charge >= 0.3 is 12.1 Å². The van der Waals surface area contributed by atoms with E-state index < -0.39 is 41.6 Å². The zero-order valence-electron chi connectivity index (χ0n) is 17.5. The third-order valence-corrected chi connectivity index (χ3v) is 5.34. The Labute approximate surface area is 193 Å². The van der Waals surface area contributed by atoms with Crippen LogP contribution in [0.4, 0.5) is 17.6 Å². The van der Waals surface area contributed by atoms with Crippen molar-refractivity contribution in [3.8, 4) is 0 Å². The summed E-state index contributed by atoms with van der Waals surface area (Å²) < 4.78 is 63.9. The van der Waals surface area contributed by atoms with Crippen molar-refractivity contribution in [1.29, 1.82) is 0 Å². The highest BCUT2D eigenvalue weighted by atomic mass is 35.5. The number of alkyl halides is 3. The molecule has 3 aromatic heterocycles. The van der Waals surface area contributed by atoms with E-state index in [1.54, 1.807) is 12.3 Å². The van der Waals surface area contributed by atoms with E-state index in [1.165, 1.54) is 23.8 Å². The Morgan fingerprint density at radius 1 is 1.24 bits per heavy atom. The van der Waals surface area contributed by atoms with Gasteiger partial charge in [0, 0.05) is 17.8 Å². The second-order valence-corrected chi connectivity index (χ2v) is 7.72. The number of fused-ring (bicyclic) bond motifs is 2. The number of nitrogens with zero attached hydrogens (tertiary/aromatic N) is 3. The molecule has 3 heterocycles. The molecule has 2 atom stereocenters. The number of hydrogen-bond acceptors (Lipinski definition) is 6. The smallest absolute Gasteiger partial charge is 0.425 e. The van der Waals surface area contributed by atoms with Gasteiger partial charge in [-0.25, -0.2) is 18.7 Å². The molecule has 0 fully saturated rings. The van der Waals surface area contributed by atoms with E-state index in [9.17, 15) is 27.2 Å². The number of nitrogens with one attached hydrogen (secondary N) is 1. The lowest BCUT2D eigenvalue weighted by Gasteiger charge is -2.16. The van der Waals surface area contributed by atoms with Crippen molar-refractivity contribution < 1.29 is 36.3 Å². The van der Waals surface area contributed by atoms with E-state index in [0.29, 0.717) is 18.6 Å². The van der Waals surface area contributed by atoms with Crippen molar-refractivity contribution in [2.24, 2.45) is 0 Å². The summed E-state index contributed by atoms with van der Waals surface area (Å²) in [6, 6.07) is 2.39. The summed E-state index contributed by atoms with van der Waals surface area (Å²) in [5.41, 5.74) is -0.394. The summed E-state index contributed by atoms with van der Waals surface area (Å²) in [6.45, 7) is 2.16. The fourth-order valence-electron chi connectivity index (χ4n) is 3.20. The van der Waals surface area contributed by atoms with Crippen LogP contribution in [0.1, 0.15) is 46.4 Å². The molecule has 0 aliphatic carbocycles. The molecule has 13 heteroatoms. The molecule has 178 valence electrons. The van der Waals surface area contributed by atoms with Crippen LogP contribution >= 0.6 is 11.6 Å². The standard InChI is InChI=1S/C21H15ClF4N4O4/c1-9(29-19(31)14-8-28-30-5-3-4-27-18(14)30)16-15(22)12-6-11(23)7-13(17(12)34-16)20(32)33-10(2)21(24,25)26/h3-10H,1-2H3,(H,29,31)/t9-,10+/m0/s1. The molecular weight excluding hydrogens is 484 g/mol. The maximum atomic E-state index is 14.1. The van der Waals surface area contributed by atoms with Gasteiger partial charge in [0.1, 0.15) is 22.7 Å². The van der Waals surface area contributed by atoms with Gasteiger partial charge in [0.25, 0.3) is 5.91 Å². The van der Waals surface area contributed by atoms with Gasteiger partial charge in [-0.1, -0.05) is 11.6 Å². The van der Waals surface area contributed by atoms with Crippen molar-refractivity contribution in [2.75, 3.05) is 0 Å². The number of esters is 1. The van der Waals surface area contributed by atoms with Gasteiger partial charge in [-0.2, -0.15) is 18.3 Å². The first-order valence-corrected chi connectivity index (χ1v) is 10.1. The average molecular weight is 499 g/mol. The Morgan fingerprint density at radius 2 is 1.97 bits per heavy atom. The summed E-state index contributed by atoms with van der Waals surface area (Å²) in [5.74, 6) is -3.00. The van der Waals surface area contributed by atoms with E-state index in [2.05, 4.69) is 20.1 Å². The minimum absolute atomic E-state index is 0.0435. The summed E-state index contributed by atoms with van der Waals surface area (Å²) >= 11 is 6.31. The van der Waals surface area contributed by atoms with Crippen LogP contribution in [0.5, 0.6) is 0 Å². The third kappa shape index (κ3) is 4.28. The van der Waals surface area contributed by atoms with E-state index in [4.69, 9.17) is 16.0 Å². The predicted octanol–water partition coefficient (Wildman–Crippen LogP) is 4.87. The van der Waals surface area contributed by atoms with E-state index in [1.807, 2.05) is 0 Å². The van der Waals surface area contributed by atoms with Crippen LogP contribution in [0.25, 0.3) is 16.6 Å². The molecular formula is C21H15ClF4N4O4. The summed E-state index contributed by atoms with van der Waals surface area (Å²) in [7, 11) is 0. The first kappa shape index (κ1) is 23.5. The number of ether oxygens (including phenoxy) is 1. The minimum Gasteiger partial charge on any atom is -0.456 e. The summed E-state index contributed by atoms with van der Waals surface area (Å²) in [4.78, 5) is 29.2. The van der Waals surface area contributed by atoms with Crippen molar-refractivity contribution in [1.82, 2.24) is 19.9 Å². The first-order chi connectivity index (χ1) is 16.0. The Hall–Kier alpha value is -3.67. The molecule has 1 N–H and O–H groups in total. The van der Waals surface area contributed by atoms with Crippen molar-refractivity contribution >= 4 is 40.1 Å². The van der Waals surface area contributed by atoms with Crippen LogP contribution < -0.4 is 5.32 Å². The molecule has 0 aliphatic rings. The van der Waals surface area contributed by atoms with Gasteiger partial charge in [0.05, 0.1) is 17.3 Å². The lowest BCUT2D eigenvalue weighted by molar-refractivity contribution is -0.198. The highest BCUT2D eigenvalue weighted by molar-refractivity contribution is 6.36. The van der Waals surface area contributed by atoms with Crippen LogP contribution in [-0.4, -0.2) is 38.8 Å². The molecule has 0 saturated heterocycles. The number of halogens is 5. The Bertz CT molecular complexity index is 1420. The molecule has 1 amide bonds. The van der Waals surface area contributed by atoms with E-state index in [0.717, 1.165) is 6.07 Å². The molecule has 8 nitrogen and oxygen atoms in total. The first-order valence-electron chi connectivity index (χ1n) is 9.75. The number of amides is 1. The Morgan fingerprint density at radius 3 is 2.68 bits per heavy atom. The fourth-order valence-corrected chi connectivity index (χ4v) is 3.54. The number of hydrogen-bond donors (Lipinski definition) is 1. The molecule has 0 spiro atoms. The zero-order chi connectivity index (χ0) is 24.8. The minimum atomic E-state index is -4.81. The molecule has 4 aromatic rings. The fraction of sp³-hybridized carbons (Fsp3) is 0.238. The molecule has 1 aromatic carbocycles. The maximum Gasteiger partial charge on any atom is 0.425 e. The maximum absolute atomic E-state index is 14.1. The Kier molecular flexibility index (Phi) is 5.94. The Balaban J connectivity index is 1.65. The lowest BCUT2D eigenvalue weighted by atomic mass is 10.1. The average Bonchev–Trinajstić information content (AvgIpc) is 3.34. The van der Waals surface area contributed by atoms with Crippen molar-refractivity contribution in [3.63, 3.8) is 0 Å². The molecule has 0 aliphatic heterocycles. The number of carbonyl (C=O) groups excluding carboxylic acids is 2. The highest BCUT2D eigenvalue weighted by Crippen LogP contribution is 2.37. The number of rotatable bonds is 5. The quantitative estimate of drug-likeness (QED) is 0.311. The largest absolute Gasteiger partial charge is 0.456 e. The van der Waals surface area contributed by atoms with Gasteiger partial charge in [-0.3, -0.25) is 4.79 Å². The normalized spacial score (nSPS) is 13.7.